The molecule has 30 heavy (non-hydrogen) atoms. The highest BCUT2D eigenvalue weighted by atomic mass is 19.2. The van der Waals surface area contributed by atoms with Crippen LogP contribution in [-0.4, -0.2) is 28.9 Å². The number of carbonyl (C=O) groups is 1. The van der Waals surface area contributed by atoms with E-state index in [4.69, 9.17) is 5.73 Å². The number of nitrogens with two attached hydrogens (primary N) is 1. The SMILES string of the molecule is NC(Cc1cc(F)c(F)cc1F)C1C[C@H]2CC[C@@H](C1)N2C(=O)CCc1ccccc1. The van der Waals surface area contributed by atoms with Crippen molar-refractivity contribution >= 4 is 5.91 Å². The topological polar surface area (TPSA) is 46.3 Å². The molecule has 2 aliphatic heterocycles. The molecule has 2 fully saturated rings. The van der Waals surface area contributed by atoms with Crippen molar-refractivity contribution in [2.24, 2.45) is 11.7 Å². The summed E-state index contributed by atoms with van der Waals surface area (Å²) in [5, 5.41) is 0. The van der Waals surface area contributed by atoms with Gasteiger partial charge in [0.15, 0.2) is 11.6 Å². The van der Waals surface area contributed by atoms with Gasteiger partial charge in [0, 0.05) is 30.6 Å². The number of rotatable bonds is 6. The monoisotopic (exact) mass is 416 g/mol. The number of piperidine rings is 1. The maximum Gasteiger partial charge on any atom is 0.223 e. The number of carbonyl (C=O) groups excluding carboxylic acids is 1. The Hall–Kier alpha value is -2.34. The van der Waals surface area contributed by atoms with Gasteiger partial charge in [0.2, 0.25) is 5.91 Å². The van der Waals surface area contributed by atoms with E-state index < -0.39 is 17.5 Å². The van der Waals surface area contributed by atoms with E-state index in [2.05, 4.69) is 0 Å². The molecule has 2 N–H and O–H groups in total. The van der Waals surface area contributed by atoms with Crippen LogP contribution in [0.25, 0.3) is 0 Å². The number of benzene rings is 2. The molecule has 1 amide bonds. The Balaban J connectivity index is 1.36. The minimum absolute atomic E-state index is 0.107. The maximum atomic E-state index is 14.0. The van der Waals surface area contributed by atoms with Crippen molar-refractivity contribution in [2.75, 3.05) is 0 Å². The highest BCUT2D eigenvalue weighted by Crippen LogP contribution is 2.40. The van der Waals surface area contributed by atoms with Gasteiger partial charge in [0.25, 0.3) is 0 Å². The summed E-state index contributed by atoms with van der Waals surface area (Å²) in [6, 6.07) is 11.4. The molecule has 0 spiro atoms. The van der Waals surface area contributed by atoms with E-state index in [1.165, 1.54) is 0 Å². The van der Waals surface area contributed by atoms with Gasteiger partial charge in [-0.05, 0) is 61.6 Å². The molecule has 160 valence electrons. The summed E-state index contributed by atoms with van der Waals surface area (Å²) in [6.45, 7) is 0. The fourth-order valence-electron chi connectivity index (χ4n) is 5.14. The zero-order chi connectivity index (χ0) is 21.3. The Morgan fingerprint density at radius 1 is 1.00 bits per heavy atom. The molecule has 4 rings (SSSR count). The normalized spacial score (nSPS) is 24.1. The van der Waals surface area contributed by atoms with Crippen molar-refractivity contribution in [1.29, 1.82) is 0 Å². The fourth-order valence-corrected chi connectivity index (χ4v) is 5.14. The number of hydrogen-bond donors (Lipinski definition) is 1. The largest absolute Gasteiger partial charge is 0.337 e. The van der Waals surface area contributed by atoms with Gasteiger partial charge in [-0.3, -0.25) is 4.79 Å². The van der Waals surface area contributed by atoms with Crippen molar-refractivity contribution < 1.29 is 18.0 Å². The Labute approximate surface area is 175 Å². The van der Waals surface area contributed by atoms with E-state index in [-0.39, 0.29) is 41.9 Å². The predicted molar refractivity (Wildman–Crippen MR) is 109 cm³/mol. The van der Waals surface area contributed by atoms with Crippen molar-refractivity contribution in [3.05, 3.63) is 71.0 Å². The molecule has 2 heterocycles. The number of amides is 1. The molecule has 2 aromatic carbocycles. The maximum absolute atomic E-state index is 14.0. The van der Waals surface area contributed by atoms with E-state index in [0.29, 0.717) is 12.5 Å². The lowest BCUT2D eigenvalue weighted by atomic mass is 9.82. The second-order valence-electron chi connectivity index (χ2n) is 8.63. The number of aryl methyl sites for hydroxylation is 1. The fraction of sp³-hybridized carbons (Fsp3) is 0.458. The van der Waals surface area contributed by atoms with Gasteiger partial charge in [0.05, 0.1) is 0 Å². The lowest BCUT2D eigenvalue weighted by molar-refractivity contribution is -0.136. The molecule has 0 radical (unpaired) electrons. The first-order valence-corrected chi connectivity index (χ1v) is 10.7. The Morgan fingerprint density at radius 3 is 2.30 bits per heavy atom. The molecule has 0 aromatic heterocycles. The van der Waals surface area contributed by atoms with Crippen LogP contribution < -0.4 is 5.73 Å². The van der Waals surface area contributed by atoms with E-state index in [9.17, 15) is 18.0 Å². The highest BCUT2D eigenvalue weighted by Gasteiger charge is 2.44. The third-order valence-electron chi connectivity index (χ3n) is 6.68. The molecule has 2 saturated heterocycles. The van der Waals surface area contributed by atoms with Crippen molar-refractivity contribution in [2.45, 2.75) is 63.1 Å². The van der Waals surface area contributed by atoms with Gasteiger partial charge in [-0.25, -0.2) is 13.2 Å². The van der Waals surface area contributed by atoms with Gasteiger partial charge in [-0.2, -0.15) is 0 Å². The zero-order valence-electron chi connectivity index (χ0n) is 16.9. The van der Waals surface area contributed by atoms with E-state index in [1.807, 2.05) is 35.2 Å². The Kier molecular flexibility index (Phi) is 6.14. The molecule has 3 nitrogen and oxygen atoms in total. The Morgan fingerprint density at radius 2 is 1.63 bits per heavy atom. The quantitative estimate of drug-likeness (QED) is 0.711. The molecule has 4 atom stereocenters. The molecule has 0 saturated carbocycles. The first kappa shape index (κ1) is 20.9. The molecule has 6 heteroatoms. The van der Waals surface area contributed by atoms with Crippen LogP contribution in [0, 0.1) is 23.4 Å². The van der Waals surface area contributed by atoms with Gasteiger partial charge in [-0.1, -0.05) is 30.3 Å². The van der Waals surface area contributed by atoms with Crippen LogP contribution in [0.1, 0.15) is 43.2 Å². The minimum Gasteiger partial charge on any atom is -0.337 e. The molecular weight excluding hydrogens is 389 g/mol. The number of nitrogens with zero attached hydrogens (tertiary/aromatic N) is 1. The lowest BCUT2D eigenvalue weighted by Gasteiger charge is -2.41. The van der Waals surface area contributed by atoms with Crippen molar-refractivity contribution in [3.63, 3.8) is 0 Å². The lowest BCUT2D eigenvalue weighted by Crippen LogP contribution is -2.50. The van der Waals surface area contributed by atoms with Crippen LogP contribution in [0.3, 0.4) is 0 Å². The molecule has 2 unspecified atom stereocenters. The summed E-state index contributed by atoms with van der Waals surface area (Å²) >= 11 is 0. The van der Waals surface area contributed by atoms with Crippen LogP contribution in [0.5, 0.6) is 0 Å². The summed E-state index contributed by atoms with van der Waals surface area (Å²) in [4.78, 5) is 14.9. The average Bonchev–Trinajstić information content (AvgIpc) is 3.00. The van der Waals surface area contributed by atoms with Gasteiger partial charge >= 0.3 is 0 Å². The van der Waals surface area contributed by atoms with E-state index >= 15 is 0 Å². The van der Waals surface area contributed by atoms with E-state index in [0.717, 1.165) is 43.7 Å². The summed E-state index contributed by atoms with van der Waals surface area (Å²) in [5.74, 6) is -2.69. The minimum atomic E-state index is -1.19. The molecular formula is C24H27F3N2O. The smallest absolute Gasteiger partial charge is 0.223 e. The van der Waals surface area contributed by atoms with Crippen LogP contribution >= 0.6 is 0 Å². The second-order valence-corrected chi connectivity index (χ2v) is 8.63. The molecule has 2 aliphatic rings. The highest BCUT2D eigenvalue weighted by molar-refractivity contribution is 5.77. The predicted octanol–water partition coefficient (Wildman–Crippen LogP) is 4.38. The number of fused-ring (bicyclic) bond motifs is 2. The van der Waals surface area contributed by atoms with Gasteiger partial charge < -0.3 is 10.6 Å². The van der Waals surface area contributed by atoms with Crippen LogP contribution in [0.4, 0.5) is 13.2 Å². The summed E-state index contributed by atoms with van der Waals surface area (Å²) in [6.07, 6.45) is 4.87. The summed E-state index contributed by atoms with van der Waals surface area (Å²) in [7, 11) is 0. The summed E-state index contributed by atoms with van der Waals surface area (Å²) in [5.41, 5.74) is 7.62. The molecule has 2 aromatic rings. The van der Waals surface area contributed by atoms with Crippen LogP contribution in [0.15, 0.2) is 42.5 Å². The third kappa shape index (κ3) is 4.38. The van der Waals surface area contributed by atoms with Crippen molar-refractivity contribution in [3.8, 4) is 0 Å². The van der Waals surface area contributed by atoms with Crippen LogP contribution in [-0.2, 0) is 17.6 Å². The van der Waals surface area contributed by atoms with Crippen molar-refractivity contribution in [1.82, 2.24) is 4.90 Å². The molecule has 0 aliphatic carbocycles. The van der Waals surface area contributed by atoms with Gasteiger partial charge in [-0.15, -0.1) is 0 Å². The second kappa shape index (κ2) is 8.80. The van der Waals surface area contributed by atoms with Gasteiger partial charge in [0.1, 0.15) is 5.82 Å². The Bertz CT molecular complexity index is 891. The standard InChI is InChI=1S/C24H27F3N2O/c25-20-14-22(27)21(26)12-16(20)13-23(28)17-10-18-7-8-19(11-17)29(18)24(30)9-6-15-4-2-1-3-5-15/h1-5,12,14,17-19,23H,6-11,13,28H2/t17?,18-,19+,23?. The first-order chi connectivity index (χ1) is 14.4. The molecule has 2 bridgehead atoms. The van der Waals surface area contributed by atoms with E-state index in [1.54, 1.807) is 0 Å². The van der Waals surface area contributed by atoms with Crippen LogP contribution in [0.2, 0.25) is 0 Å². The summed E-state index contributed by atoms with van der Waals surface area (Å²) < 4.78 is 40.7. The third-order valence-corrected chi connectivity index (χ3v) is 6.68. The first-order valence-electron chi connectivity index (χ1n) is 10.7. The average molecular weight is 416 g/mol. The zero-order valence-corrected chi connectivity index (χ0v) is 16.9. The number of hydrogen-bond acceptors (Lipinski definition) is 2. The number of halogens is 3.